The van der Waals surface area contributed by atoms with Crippen LogP contribution in [0.4, 0.5) is 0 Å². The number of methoxy groups -OCH3 is 1. The quantitative estimate of drug-likeness (QED) is 0.643. The molecule has 2 aromatic rings. The van der Waals surface area contributed by atoms with Crippen LogP contribution in [0.15, 0.2) is 53.4 Å². The van der Waals surface area contributed by atoms with Crippen LogP contribution in [0, 0.1) is 0 Å². The van der Waals surface area contributed by atoms with Crippen LogP contribution in [0.25, 0.3) is 0 Å². The monoisotopic (exact) mass is 274 g/mol. The van der Waals surface area contributed by atoms with Gasteiger partial charge in [0.15, 0.2) is 0 Å². The van der Waals surface area contributed by atoms with E-state index >= 15 is 0 Å². The molecule has 5 heteroatoms. The van der Waals surface area contributed by atoms with Crippen molar-refractivity contribution in [2.75, 3.05) is 7.11 Å². The van der Waals surface area contributed by atoms with Gasteiger partial charge in [0.25, 0.3) is 0 Å². The molecule has 2 rings (SSSR count). The van der Waals surface area contributed by atoms with Crippen LogP contribution in [-0.2, 0) is 5.75 Å². The Balaban J connectivity index is 2.02. The van der Waals surface area contributed by atoms with Gasteiger partial charge in [-0.3, -0.25) is 0 Å². The van der Waals surface area contributed by atoms with Crippen LogP contribution in [-0.4, -0.2) is 24.3 Å². The number of para-hydroxylation sites is 1. The van der Waals surface area contributed by atoms with E-state index < -0.39 is 7.12 Å². The average Bonchev–Trinajstić information content (AvgIpc) is 2.45. The lowest BCUT2D eigenvalue weighted by Crippen LogP contribution is -2.29. The standard InChI is InChI=1S/C14H15BO3S/c1-18-13-4-2-3-5-14(13)19-10-11-6-8-12(9-7-11)15(16)17/h2-9,16-17H,10H2,1H3. The molecule has 0 bridgehead atoms. The first-order chi connectivity index (χ1) is 9.20. The molecule has 0 saturated heterocycles. The normalized spacial score (nSPS) is 10.3. The minimum Gasteiger partial charge on any atom is -0.496 e. The summed E-state index contributed by atoms with van der Waals surface area (Å²) >= 11 is 1.69. The Morgan fingerprint density at radius 3 is 2.37 bits per heavy atom. The molecule has 0 radical (unpaired) electrons. The van der Waals surface area contributed by atoms with Gasteiger partial charge in [-0.25, -0.2) is 0 Å². The summed E-state index contributed by atoms with van der Waals surface area (Å²) in [6.45, 7) is 0. The molecule has 0 amide bonds. The lowest BCUT2D eigenvalue weighted by atomic mass is 9.80. The van der Waals surface area contributed by atoms with Gasteiger partial charge in [-0.2, -0.15) is 0 Å². The van der Waals surface area contributed by atoms with Crippen molar-refractivity contribution in [3.63, 3.8) is 0 Å². The topological polar surface area (TPSA) is 49.7 Å². The average molecular weight is 274 g/mol. The number of thioether (sulfide) groups is 1. The van der Waals surface area contributed by atoms with Crippen molar-refractivity contribution in [2.24, 2.45) is 0 Å². The summed E-state index contributed by atoms with van der Waals surface area (Å²) in [4.78, 5) is 1.09. The first-order valence-electron chi connectivity index (χ1n) is 5.91. The van der Waals surface area contributed by atoms with E-state index in [1.54, 1.807) is 31.0 Å². The van der Waals surface area contributed by atoms with E-state index in [4.69, 9.17) is 14.8 Å². The number of ether oxygens (including phenoxy) is 1. The smallest absolute Gasteiger partial charge is 0.488 e. The van der Waals surface area contributed by atoms with Gasteiger partial charge >= 0.3 is 7.12 Å². The van der Waals surface area contributed by atoms with E-state index in [1.807, 2.05) is 36.4 Å². The Morgan fingerprint density at radius 1 is 1.05 bits per heavy atom. The second kappa shape index (κ2) is 6.66. The van der Waals surface area contributed by atoms with E-state index in [9.17, 15) is 0 Å². The van der Waals surface area contributed by atoms with Gasteiger partial charge in [0.1, 0.15) is 5.75 Å². The van der Waals surface area contributed by atoms with Gasteiger partial charge in [0, 0.05) is 10.6 Å². The zero-order chi connectivity index (χ0) is 13.7. The maximum atomic E-state index is 9.02. The van der Waals surface area contributed by atoms with Crippen LogP contribution in [0.2, 0.25) is 0 Å². The molecule has 0 aromatic heterocycles. The Kier molecular flexibility index (Phi) is 4.90. The maximum Gasteiger partial charge on any atom is 0.488 e. The van der Waals surface area contributed by atoms with E-state index in [2.05, 4.69) is 0 Å². The second-order valence-electron chi connectivity index (χ2n) is 4.05. The molecule has 2 aromatic carbocycles. The van der Waals surface area contributed by atoms with E-state index in [0.29, 0.717) is 5.46 Å². The fourth-order valence-corrected chi connectivity index (χ4v) is 2.67. The molecule has 0 atom stereocenters. The van der Waals surface area contributed by atoms with Crippen molar-refractivity contribution in [1.82, 2.24) is 0 Å². The fourth-order valence-electron chi connectivity index (χ4n) is 1.69. The second-order valence-corrected chi connectivity index (χ2v) is 5.07. The van der Waals surface area contributed by atoms with Gasteiger partial charge < -0.3 is 14.8 Å². The first-order valence-corrected chi connectivity index (χ1v) is 6.90. The highest BCUT2D eigenvalue weighted by atomic mass is 32.2. The van der Waals surface area contributed by atoms with Crippen molar-refractivity contribution < 1.29 is 14.8 Å². The summed E-state index contributed by atoms with van der Waals surface area (Å²) in [5.74, 6) is 1.68. The molecule has 0 aliphatic heterocycles. The predicted octanol–water partition coefficient (Wildman–Crippen LogP) is 1.67. The number of rotatable bonds is 5. The summed E-state index contributed by atoms with van der Waals surface area (Å²) in [5.41, 5.74) is 1.63. The van der Waals surface area contributed by atoms with E-state index in [1.165, 1.54) is 0 Å². The Bertz CT molecular complexity index is 528. The van der Waals surface area contributed by atoms with E-state index in [-0.39, 0.29) is 0 Å². The minimum absolute atomic E-state index is 0.506. The van der Waals surface area contributed by atoms with Crippen LogP contribution in [0.5, 0.6) is 5.75 Å². The molecule has 0 aliphatic rings. The molecule has 0 fully saturated rings. The highest BCUT2D eigenvalue weighted by molar-refractivity contribution is 7.98. The van der Waals surface area contributed by atoms with Crippen molar-refractivity contribution in [3.8, 4) is 5.75 Å². The van der Waals surface area contributed by atoms with Crippen molar-refractivity contribution in [1.29, 1.82) is 0 Å². The summed E-state index contributed by atoms with van der Waals surface area (Å²) in [5, 5.41) is 18.0. The van der Waals surface area contributed by atoms with Gasteiger partial charge in [-0.05, 0) is 23.2 Å². The Labute approximate surface area is 117 Å². The highest BCUT2D eigenvalue weighted by Crippen LogP contribution is 2.30. The molecule has 0 aliphatic carbocycles. The van der Waals surface area contributed by atoms with Gasteiger partial charge in [0.2, 0.25) is 0 Å². The largest absolute Gasteiger partial charge is 0.496 e. The third-order valence-electron chi connectivity index (χ3n) is 2.74. The summed E-state index contributed by atoms with van der Waals surface area (Å²) in [7, 11) is 0.257. The lowest BCUT2D eigenvalue weighted by molar-refractivity contribution is 0.405. The van der Waals surface area contributed by atoms with Gasteiger partial charge in [0.05, 0.1) is 7.11 Å². The van der Waals surface area contributed by atoms with Crippen LogP contribution >= 0.6 is 11.8 Å². The van der Waals surface area contributed by atoms with Crippen LogP contribution in [0.3, 0.4) is 0 Å². The Morgan fingerprint density at radius 2 is 1.74 bits per heavy atom. The molecular weight excluding hydrogens is 259 g/mol. The first kappa shape index (κ1) is 14.0. The number of hydrogen-bond acceptors (Lipinski definition) is 4. The molecule has 0 heterocycles. The third kappa shape index (κ3) is 3.77. The predicted molar refractivity (Wildman–Crippen MR) is 78.8 cm³/mol. The fraction of sp³-hybridized carbons (Fsp3) is 0.143. The molecule has 3 nitrogen and oxygen atoms in total. The summed E-state index contributed by atoms with van der Waals surface area (Å²) in [6, 6.07) is 15.1. The van der Waals surface area contributed by atoms with E-state index in [0.717, 1.165) is 22.0 Å². The number of hydrogen-bond donors (Lipinski definition) is 2. The zero-order valence-corrected chi connectivity index (χ0v) is 11.4. The third-order valence-corrected chi connectivity index (χ3v) is 3.87. The summed E-state index contributed by atoms with van der Waals surface area (Å²) < 4.78 is 5.30. The van der Waals surface area contributed by atoms with Crippen LogP contribution < -0.4 is 10.2 Å². The molecule has 98 valence electrons. The van der Waals surface area contributed by atoms with Gasteiger partial charge in [-0.1, -0.05) is 36.4 Å². The summed E-state index contributed by atoms with van der Waals surface area (Å²) in [6.07, 6.45) is 0. The zero-order valence-electron chi connectivity index (χ0n) is 10.6. The van der Waals surface area contributed by atoms with Crippen LogP contribution in [0.1, 0.15) is 5.56 Å². The molecule has 2 N–H and O–H groups in total. The Hall–Kier alpha value is -1.43. The molecular formula is C14H15BO3S. The van der Waals surface area contributed by atoms with Crippen molar-refractivity contribution in [2.45, 2.75) is 10.6 Å². The molecule has 0 saturated carbocycles. The maximum absolute atomic E-state index is 9.02. The van der Waals surface area contributed by atoms with Gasteiger partial charge in [-0.15, -0.1) is 11.8 Å². The lowest BCUT2D eigenvalue weighted by Gasteiger charge is -2.08. The minimum atomic E-state index is -1.41. The molecule has 0 unspecified atom stereocenters. The molecule has 0 spiro atoms. The van der Waals surface area contributed by atoms with Crippen molar-refractivity contribution in [3.05, 3.63) is 54.1 Å². The van der Waals surface area contributed by atoms with Crippen molar-refractivity contribution >= 4 is 24.3 Å². The SMILES string of the molecule is COc1ccccc1SCc1ccc(B(O)O)cc1. The molecule has 19 heavy (non-hydrogen) atoms. The number of benzene rings is 2. The highest BCUT2D eigenvalue weighted by Gasteiger charge is 2.10.